The lowest BCUT2D eigenvalue weighted by Crippen LogP contribution is -2.25. The molecule has 0 unspecified atom stereocenters. The number of carbonyl (C=O) groups excluding carboxylic acids is 1. The Morgan fingerprint density at radius 2 is 2.29 bits per heavy atom. The summed E-state index contributed by atoms with van der Waals surface area (Å²) >= 11 is 1.54. The van der Waals surface area contributed by atoms with Gasteiger partial charge in [-0.1, -0.05) is 17.3 Å². The van der Waals surface area contributed by atoms with Crippen LogP contribution in [0.4, 0.5) is 0 Å². The van der Waals surface area contributed by atoms with Gasteiger partial charge in [0.05, 0.1) is 4.88 Å². The van der Waals surface area contributed by atoms with Crippen LogP contribution in [0.15, 0.2) is 52.6 Å². The first-order valence-electron chi connectivity index (χ1n) is 6.50. The lowest BCUT2D eigenvalue weighted by atomic mass is 10.2. The Morgan fingerprint density at radius 1 is 1.33 bits per heavy atom. The van der Waals surface area contributed by atoms with Gasteiger partial charge in [0.25, 0.3) is 5.91 Å². The summed E-state index contributed by atoms with van der Waals surface area (Å²) in [4.78, 5) is 17.0. The Bertz CT molecular complexity index is 708. The molecule has 0 saturated carbocycles. The smallest absolute Gasteiger partial charge is 0.273 e. The second kappa shape index (κ2) is 6.32. The van der Waals surface area contributed by atoms with Crippen molar-refractivity contribution >= 4 is 17.2 Å². The van der Waals surface area contributed by atoms with Crippen molar-refractivity contribution in [3.05, 3.63) is 59.4 Å². The third-order valence-corrected chi connectivity index (χ3v) is 3.81. The van der Waals surface area contributed by atoms with Crippen molar-refractivity contribution in [2.75, 3.05) is 6.54 Å². The van der Waals surface area contributed by atoms with Gasteiger partial charge in [-0.05, 0) is 29.5 Å². The number of amides is 1. The fourth-order valence-electron chi connectivity index (χ4n) is 1.87. The van der Waals surface area contributed by atoms with Crippen molar-refractivity contribution in [3.8, 4) is 10.6 Å². The van der Waals surface area contributed by atoms with Gasteiger partial charge < -0.3 is 9.84 Å². The second-order valence-corrected chi connectivity index (χ2v) is 5.37. The highest BCUT2D eigenvalue weighted by molar-refractivity contribution is 7.13. The molecule has 6 heteroatoms. The van der Waals surface area contributed by atoms with Crippen molar-refractivity contribution in [1.29, 1.82) is 0 Å². The average molecular weight is 299 g/mol. The van der Waals surface area contributed by atoms with Crippen LogP contribution in [0.1, 0.15) is 16.1 Å². The molecule has 0 spiro atoms. The summed E-state index contributed by atoms with van der Waals surface area (Å²) in [6.45, 7) is 0.533. The number of hydrogen-bond acceptors (Lipinski definition) is 5. The zero-order chi connectivity index (χ0) is 14.5. The Balaban J connectivity index is 1.56. The highest BCUT2D eigenvalue weighted by Gasteiger charge is 2.13. The third kappa shape index (κ3) is 3.35. The van der Waals surface area contributed by atoms with E-state index in [1.165, 1.54) is 0 Å². The van der Waals surface area contributed by atoms with E-state index in [2.05, 4.69) is 15.5 Å². The lowest BCUT2D eigenvalue weighted by molar-refractivity contribution is 0.0945. The summed E-state index contributed by atoms with van der Waals surface area (Å²) < 4.78 is 5.18. The van der Waals surface area contributed by atoms with Crippen LogP contribution >= 0.6 is 11.3 Å². The maximum atomic E-state index is 12.0. The summed E-state index contributed by atoms with van der Waals surface area (Å²) in [5, 5.41) is 8.58. The van der Waals surface area contributed by atoms with Gasteiger partial charge in [-0.3, -0.25) is 9.78 Å². The summed E-state index contributed by atoms with van der Waals surface area (Å²) in [5.41, 5.74) is 1.38. The van der Waals surface area contributed by atoms with Crippen molar-refractivity contribution in [2.24, 2.45) is 0 Å². The minimum Gasteiger partial charge on any atom is -0.355 e. The van der Waals surface area contributed by atoms with E-state index in [1.54, 1.807) is 29.8 Å². The van der Waals surface area contributed by atoms with Crippen molar-refractivity contribution in [1.82, 2.24) is 15.5 Å². The van der Waals surface area contributed by atoms with Crippen LogP contribution in [0.25, 0.3) is 10.6 Å². The summed E-state index contributed by atoms with van der Waals surface area (Å²) in [5.74, 6) is 0.382. The van der Waals surface area contributed by atoms with Crippen molar-refractivity contribution < 1.29 is 9.32 Å². The quantitative estimate of drug-likeness (QED) is 0.786. The molecule has 1 amide bonds. The normalized spacial score (nSPS) is 10.5. The van der Waals surface area contributed by atoms with Crippen molar-refractivity contribution in [3.63, 3.8) is 0 Å². The highest BCUT2D eigenvalue weighted by Crippen LogP contribution is 2.24. The van der Waals surface area contributed by atoms with Crippen LogP contribution in [-0.4, -0.2) is 22.6 Å². The molecule has 1 N–H and O–H groups in total. The Hall–Kier alpha value is -2.47. The van der Waals surface area contributed by atoms with Gasteiger partial charge in [-0.2, -0.15) is 0 Å². The number of thiophene rings is 1. The fraction of sp³-hybridized carbons (Fsp3) is 0.133. The first kappa shape index (κ1) is 13.5. The summed E-state index contributed by atoms with van der Waals surface area (Å²) in [6, 6.07) is 9.36. The predicted molar refractivity (Wildman–Crippen MR) is 80.1 cm³/mol. The first-order valence-corrected chi connectivity index (χ1v) is 7.38. The molecule has 0 bridgehead atoms. The second-order valence-electron chi connectivity index (χ2n) is 4.42. The molecule has 0 aromatic carbocycles. The third-order valence-electron chi connectivity index (χ3n) is 2.93. The lowest BCUT2D eigenvalue weighted by Gasteiger charge is -2.02. The van der Waals surface area contributed by atoms with E-state index in [0.717, 1.165) is 16.9 Å². The van der Waals surface area contributed by atoms with E-state index in [0.29, 0.717) is 18.0 Å². The Kier molecular flexibility index (Phi) is 4.07. The first-order chi connectivity index (χ1) is 10.3. The van der Waals surface area contributed by atoms with Crippen LogP contribution in [0.3, 0.4) is 0 Å². The number of nitrogens with one attached hydrogen (secondary N) is 1. The van der Waals surface area contributed by atoms with Crippen LogP contribution in [-0.2, 0) is 6.42 Å². The van der Waals surface area contributed by atoms with Gasteiger partial charge in [-0.15, -0.1) is 11.3 Å². The Labute approximate surface area is 125 Å². The van der Waals surface area contributed by atoms with E-state index in [-0.39, 0.29) is 5.91 Å². The van der Waals surface area contributed by atoms with E-state index < -0.39 is 0 Å². The number of rotatable bonds is 5. The Morgan fingerprint density at radius 3 is 3.05 bits per heavy atom. The van der Waals surface area contributed by atoms with Crippen LogP contribution in [0, 0.1) is 0 Å². The minimum absolute atomic E-state index is 0.231. The molecule has 3 rings (SSSR count). The molecule has 0 radical (unpaired) electrons. The molecule has 106 valence electrons. The molecular formula is C15H13N3O2S. The molecule has 0 aliphatic carbocycles. The molecule has 0 aliphatic rings. The fourth-order valence-corrected chi connectivity index (χ4v) is 2.55. The van der Waals surface area contributed by atoms with E-state index in [9.17, 15) is 4.79 Å². The molecule has 3 aromatic rings. The molecular weight excluding hydrogens is 286 g/mol. The molecule has 3 aromatic heterocycles. The SMILES string of the molecule is O=C(NCCc1cccnc1)c1cc(-c2cccs2)on1. The monoisotopic (exact) mass is 299 g/mol. The van der Waals surface area contributed by atoms with Gasteiger partial charge in [0.1, 0.15) is 0 Å². The number of carbonyl (C=O) groups is 1. The van der Waals surface area contributed by atoms with E-state index >= 15 is 0 Å². The maximum Gasteiger partial charge on any atom is 0.273 e. The van der Waals surface area contributed by atoms with Gasteiger partial charge in [0.2, 0.25) is 0 Å². The van der Waals surface area contributed by atoms with Crippen molar-refractivity contribution in [2.45, 2.75) is 6.42 Å². The molecule has 3 heterocycles. The van der Waals surface area contributed by atoms with Gasteiger partial charge >= 0.3 is 0 Å². The van der Waals surface area contributed by atoms with Crippen LogP contribution in [0.5, 0.6) is 0 Å². The van der Waals surface area contributed by atoms with Crippen LogP contribution in [0.2, 0.25) is 0 Å². The van der Waals surface area contributed by atoms with Gasteiger partial charge in [0, 0.05) is 25.0 Å². The number of pyridine rings is 1. The molecule has 0 aliphatic heterocycles. The minimum atomic E-state index is -0.231. The summed E-state index contributed by atoms with van der Waals surface area (Å²) in [6.07, 6.45) is 4.25. The van der Waals surface area contributed by atoms with E-state index in [4.69, 9.17) is 4.52 Å². The zero-order valence-electron chi connectivity index (χ0n) is 11.2. The summed E-state index contributed by atoms with van der Waals surface area (Å²) in [7, 11) is 0. The number of nitrogens with zero attached hydrogens (tertiary/aromatic N) is 2. The molecule has 0 atom stereocenters. The number of aromatic nitrogens is 2. The van der Waals surface area contributed by atoms with Gasteiger partial charge in [-0.25, -0.2) is 0 Å². The van der Waals surface area contributed by atoms with E-state index in [1.807, 2.05) is 29.6 Å². The molecule has 21 heavy (non-hydrogen) atoms. The standard InChI is InChI=1S/C15H13N3O2S/c19-15(17-7-5-11-3-1-6-16-10-11)12-9-13(20-18-12)14-4-2-8-21-14/h1-4,6,8-10H,5,7H2,(H,17,19). The number of hydrogen-bond donors (Lipinski definition) is 1. The zero-order valence-corrected chi connectivity index (χ0v) is 12.0. The molecule has 0 saturated heterocycles. The largest absolute Gasteiger partial charge is 0.355 e. The molecule has 0 fully saturated rings. The van der Waals surface area contributed by atoms with Crippen LogP contribution < -0.4 is 5.32 Å². The molecule has 5 nitrogen and oxygen atoms in total. The topological polar surface area (TPSA) is 68.0 Å². The van der Waals surface area contributed by atoms with Gasteiger partial charge in [0.15, 0.2) is 11.5 Å². The highest BCUT2D eigenvalue weighted by atomic mass is 32.1. The average Bonchev–Trinajstić information content (AvgIpc) is 3.19. The predicted octanol–water partition coefficient (Wildman–Crippen LogP) is 2.77. The maximum absolute atomic E-state index is 12.0.